The van der Waals surface area contributed by atoms with Crippen molar-refractivity contribution >= 4 is 22.6 Å². The molecule has 0 heterocycles. The lowest BCUT2D eigenvalue weighted by Gasteiger charge is -2.15. The van der Waals surface area contributed by atoms with E-state index in [1.807, 2.05) is 48.5 Å². The Morgan fingerprint density at radius 3 is 2.02 bits per heavy atom. The van der Waals surface area contributed by atoms with Gasteiger partial charge in [-0.2, -0.15) is 0 Å². The molecular weight excluding hydrogens is 575 g/mol. The van der Waals surface area contributed by atoms with Gasteiger partial charge in [0.2, 0.25) is 0 Å². The molecule has 224 valence electrons. The van der Waals surface area contributed by atoms with Gasteiger partial charge in [-0.05, 0) is 88.1 Å². The van der Waals surface area contributed by atoms with E-state index in [0.717, 1.165) is 27.6 Å². The number of alkyl halides is 3. The molecule has 5 rings (SSSR count). The number of hydrogen-bond acceptors (Lipinski definition) is 5. The fraction of sp³-hybridized carbons (Fsp3) is 0.118. The zero-order valence-electron chi connectivity index (χ0n) is 23.4. The molecule has 5 aromatic rings. The number of halogens is 3. The number of nitrogens with one attached hydrogen (secondary N) is 1. The molecule has 0 bridgehead atoms. The fourth-order valence-corrected chi connectivity index (χ4v) is 4.58. The number of carbonyl (C=O) groups is 2. The van der Waals surface area contributed by atoms with Crippen LogP contribution in [0.25, 0.3) is 33.0 Å². The molecule has 0 fully saturated rings. The number of ether oxygens (including phenoxy) is 3. The summed E-state index contributed by atoms with van der Waals surface area (Å²) in [6, 6.07) is 29.2. The summed E-state index contributed by atoms with van der Waals surface area (Å²) in [5.41, 5.74) is 3.31. The molecule has 44 heavy (non-hydrogen) atoms. The van der Waals surface area contributed by atoms with Crippen LogP contribution >= 0.6 is 0 Å². The quantitative estimate of drug-likeness (QED) is 0.168. The molecule has 0 saturated heterocycles. The van der Waals surface area contributed by atoms with E-state index in [4.69, 9.17) is 14.6 Å². The molecular formula is C34H26F3NO6. The second kappa shape index (κ2) is 12.8. The Bertz CT molecular complexity index is 1800. The minimum absolute atomic E-state index is 0.00438. The van der Waals surface area contributed by atoms with Gasteiger partial charge in [-0.15, -0.1) is 13.2 Å². The number of benzene rings is 5. The Kier molecular flexibility index (Phi) is 8.71. The second-order valence-electron chi connectivity index (χ2n) is 9.74. The number of aliphatic carboxylic acids is 1. The highest BCUT2D eigenvalue weighted by Crippen LogP contribution is 2.39. The van der Waals surface area contributed by atoms with Gasteiger partial charge in [0.1, 0.15) is 23.0 Å². The van der Waals surface area contributed by atoms with Crippen molar-refractivity contribution in [3.8, 4) is 45.3 Å². The molecule has 0 atom stereocenters. The molecule has 0 radical (unpaired) electrons. The van der Waals surface area contributed by atoms with E-state index in [2.05, 4.69) is 10.1 Å². The maximum absolute atomic E-state index is 12.6. The Morgan fingerprint density at radius 2 is 1.34 bits per heavy atom. The van der Waals surface area contributed by atoms with Gasteiger partial charge in [0.15, 0.2) is 0 Å². The van der Waals surface area contributed by atoms with Crippen molar-refractivity contribution in [2.24, 2.45) is 0 Å². The number of rotatable bonds is 10. The summed E-state index contributed by atoms with van der Waals surface area (Å²) in [6.45, 7) is 0.00438. The number of carboxylic acids is 1. The van der Waals surface area contributed by atoms with Gasteiger partial charge in [-0.3, -0.25) is 9.59 Å². The molecule has 0 aliphatic rings. The van der Waals surface area contributed by atoms with E-state index >= 15 is 0 Å². The largest absolute Gasteiger partial charge is 0.573 e. The van der Waals surface area contributed by atoms with Crippen molar-refractivity contribution < 1.29 is 42.1 Å². The third-order valence-electron chi connectivity index (χ3n) is 6.73. The predicted octanol–water partition coefficient (Wildman–Crippen LogP) is 8.08. The van der Waals surface area contributed by atoms with E-state index < -0.39 is 18.2 Å². The van der Waals surface area contributed by atoms with Gasteiger partial charge < -0.3 is 24.6 Å². The van der Waals surface area contributed by atoms with Crippen molar-refractivity contribution in [1.29, 1.82) is 0 Å². The third kappa shape index (κ3) is 7.46. The Balaban J connectivity index is 1.47. The molecule has 0 saturated carbocycles. The van der Waals surface area contributed by atoms with Gasteiger partial charge in [0, 0.05) is 17.7 Å². The lowest BCUT2D eigenvalue weighted by atomic mass is 9.97. The van der Waals surface area contributed by atoms with Gasteiger partial charge in [0.05, 0.1) is 13.5 Å². The first-order valence-electron chi connectivity index (χ1n) is 13.4. The summed E-state index contributed by atoms with van der Waals surface area (Å²) in [7, 11) is 1.61. The average molecular weight is 602 g/mol. The Hall–Kier alpha value is -5.51. The van der Waals surface area contributed by atoms with Gasteiger partial charge in [-0.1, -0.05) is 42.5 Å². The van der Waals surface area contributed by atoms with Crippen LogP contribution in [0.3, 0.4) is 0 Å². The Labute approximate surface area is 250 Å². The highest BCUT2D eigenvalue weighted by molar-refractivity contribution is 5.94. The van der Waals surface area contributed by atoms with Crippen LogP contribution in [-0.2, 0) is 4.79 Å². The molecule has 5 aromatic carbocycles. The van der Waals surface area contributed by atoms with Crippen molar-refractivity contribution in [3.05, 3.63) is 109 Å². The maximum atomic E-state index is 12.6. The van der Waals surface area contributed by atoms with Crippen LogP contribution in [0.15, 0.2) is 103 Å². The van der Waals surface area contributed by atoms with E-state index in [1.54, 1.807) is 37.4 Å². The minimum atomic E-state index is -4.79. The second-order valence-corrected chi connectivity index (χ2v) is 9.74. The minimum Gasteiger partial charge on any atom is -0.497 e. The number of amides is 1. The molecule has 7 nitrogen and oxygen atoms in total. The normalized spacial score (nSPS) is 11.2. The Morgan fingerprint density at radius 1 is 0.727 bits per heavy atom. The number of carboxylic acid groups (broad SMARTS) is 1. The van der Waals surface area contributed by atoms with Gasteiger partial charge in [0.25, 0.3) is 5.91 Å². The van der Waals surface area contributed by atoms with Crippen molar-refractivity contribution in [3.63, 3.8) is 0 Å². The number of methoxy groups -OCH3 is 1. The molecule has 0 spiro atoms. The molecule has 0 aromatic heterocycles. The fourth-order valence-electron chi connectivity index (χ4n) is 4.58. The van der Waals surface area contributed by atoms with Crippen molar-refractivity contribution in [1.82, 2.24) is 5.32 Å². The highest BCUT2D eigenvalue weighted by atomic mass is 19.4. The smallest absolute Gasteiger partial charge is 0.497 e. The summed E-state index contributed by atoms with van der Waals surface area (Å²) >= 11 is 0. The number of hydrogen-bond donors (Lipinski definition) is 2. The summed E-state index contributed by atoms with van der Waals surface area (Å²) < 4.78 is 53.5. The SMILES string of the molecule is COc1ccc2cc(-c3ccc(-c4ccc(OC(F)(F)F)cc4)cc3Oc3ccc(C(=O)NCCC(=O)O)cc3)ccc2c1. The molecule has 0 unspecified atom stereocenters. The van der Waals surface area contributed by atoms with Crippen LogP contribution in [0.2, 0.25) is 0 Å². The van der Waals surface area contributed by atoms with Crippen LogP contribution in [0.4, 0.5) is 13.2 Å². The van der Waals surface area contributed by atoms with Crippen LogP contribution in [0.5, 0.6) is 23.0 Å². The van der Waals surface area contributed by atoms with E-state index in [0.29, 0.717) is 28.2 Å². The predicted molar refractivity (Wildman–Crippen MR) is 159 cm³/mol. The lowest BCUT2D eigenvalue weighted by molar-refractivity contribution is -0.274. The first kappa shape index (κ1) is 30.0. The molecule has 1 amide bonds. The van der Waals surface area contributed by atoms with E-state index in [-0.39, 0.29) is 18.7 Å². The zero-order valence-corrected chi connectivity index (χ0v) is 23.4. The molecule has 10 heteroatoms. The van der Waals surface area contributed by atoms with Crippen LogP contribution in [0.1, 0.15) is 16.8 Å². The summed E-state index contributed by atoms with van der Waals surface area (Å²) in [6.07, 6.45) is -4.98. The molecule has 0 aliphatic carbocycles. The van der Waals surface area contributed by atoms with Crippen molar-refractivity contribution in [2.45, 2.75) is 12.8 Å². The monoisotopic (exact) mass is 601 g/mol. The van der Waals surface area contributed by atoms with Gasteiger partial charge in [-0.25, -0.2) is 0 Å². The zero-order chi connectivity index (χ0) is 31.3. The highest BCUT2D eigenvalue weighted by Gasteiger charge is 2.31. The summed E-state index contributed by atoms with van der Waals surface area (Å²) in [5, 5.41) is 13.3. The summed E-state index contributed by atoms with van der Waals surface area (Å²) in [4.78, 5) is 23.1. The third-order valence-corrected chi connectivity index (χ3v) is 6.73. The number of carbonyl (C=O) groups excluding carboxylic acids is 1. The van der Waals surface area contributed by atoms with Crippen LogP contribution < -0.4 is 19.5 Å². The van der Waals surface area contributed by atoms with Gasteiger partial charge >= 0.3 is 12.3 Å². The van der Waals surface area contributed by atoms with E-state index in [1.165, 1.54) is 24.3 Å². The topological polar surface area (TPSA) is 94.1 Å². The standard InChI is InChI=1S/C34H26F3NO6/c1-42-29-14-8-23-18-26(3-2-24(23)19-29)30-15-9-25(21-4-12-28(13-5-21)44-34(35,36)37)20-31(30)43-27-10-6-22(7-11-27)33(41)38-17-16-32(39)40/h2-15,18-20H,16-17H2,1H3,(H,38,41)(H,39,40). The first-order chi connectivity index (χ1) is 21.1. The van der Waals surface area contributed by atoms with Crippen molar-refractivity contribution in [2.75, 3.05) is 13.7 Å². The van der Waals surface area contributed by atoms with Crippen LogP contribution in [-0.4, -0.2) is 37.0 Å². The molecule has 2 N–H and O–H groups in total. The van der Waals surface area contributed by atoms with Crippen LogP contribution in [0, 0.1) is 0 Å². The van der Waals surface area contributed by atoms with E-state index in [9.17, 15) is 22.8 Å². The first-order valence-corrected chi connectivity index (χ1v) is 13.4. The average Bonchev–Trinajstić information content (AvgIpc) is 3.00. The molecule has 0 aliphatic heterocycles. The lowest BCUT2D eigenvalue weighted by Crippen LogP contribution is -2.25. The number of fused-ring (bicyclic) bond motifs is 1. The maximum Gasteiger partial charge on any atom is 0.573 e. The summed E-state index contributed by atoms with van der Waals surface area (Å²) in [5.74, 6) is -0.0943.